The molecule has 0 aromatic heterocycles. The summed E-state index contributed by atoms with van der Waals surface area (Å²) in [4.78, 5) is 4.96. The second-order valence-corrected chi connectivity index (χ2v) is 8.42. The van der Waals surface area contributed by atoms with Gasteiger partial charge >= 0.3 is 0 Å². The molecule has 1 fully saturated rings. The number of aliphatic hydroxyl groups is 1. The number of halogens is 1. The van der Waals surface area contributed by atoms with Crippen molar-refractivity contribution in [2.45, 2.75) is 51.4 Å². The molecule has 1 aromatic rings. The number of nitrogens with one attached hydrogen (secondary N) is 2. The van der Waals surface area contributed by atoms with Gasteiger partial charge in [0.2, 0.25) is 0 Å². The molecule has 1 aromatic carbocycles. The molecule has 6 nitrogen and oxygen atoms in total. The molecule has 1 unspecified atom stereocenters. The zero-order valence-electron chi connectivity index (χ0n) is 18.7. The van der Waals surface area contributed by atoms with Crippen LogP contribution in [0.5, 0.6) is 5.75 Å². The van der Waals surface area contributed by atoms with Crippen molar-refractivity contribution in [3.63, 3.8) is 0 Å². The van der Waals surface area contributed by atoms with Gasteiger partial charge in [-0.1, -0.05) is 24.9 Å². The first-order chi connectivity index (χ1) is 14.6. The van der Waals surface area contributed by atoms with E-state index in [1.807, 2.05) is 18.2 Å². The number of hydrogen-bond donors (Lipinski definition) is 3. The van der Waals surface area contributed by atoms with Gasteiger partial charge in [0, 0.05) is 48.9 Å². The normalized spacial score (nSPS) is 17.4. The third kappa shape index (κ3) is 7.03. The molecular formula is C23H38ClN3O3. The van der Waals surface area contributed by atoms with Gasteiger partial charge in [0.25, 0.3) is 0 Å². The zero-order chi connectivity index (χ0) is 21.8. The number of ether oxygens (including phenoxy) is 2. The molecule has 1 saturated heterocycles. The van der Waals surface area contributed by atoms with Gasteiger partial charge in [-0.05, 0) is 56.7 Å². The van der Waals surface area contributed by atoms with E-state index >= 15 is 0 Å². The SMILES string of the molecule is CCCC(CCO)CNC(=NCC1(c2cc(Cl)ccc2OC)CCOCC1)NCC. The minimum atomic E-state index is -0.176. The highest BCUT2D eigenvalue weighted by molar-refractivity contribution is 6.30. The van der Waals surface area contributed by atoms with Crippen LogP contribution >= 0.6 is 11.6 Å². The highest BCUT2D eigenvalue weighted by atomic mass is 35.5. The smallest absolute Gasteiger partial charge is 0.191 e. The molecule has 0 amide bonds. The van der Waals surface area contributed by atoms with E-state index in [4.69, 9.17) is 26.1 Å². The number of aliphatic hydroxyl groups excluding tert-OH is 1. The van der Waals surface area contributed by atoms with E-state index in [9.17, 15) is 5.11 Å². The van der Waals surface area contributed by atoms with Gasteiger partial charge < -0.3 is 25.2 Å². The zero-order valence-corrected chi connectivity index (χ0v) is 19.4. The second-order valence-electron chi connectivity index (χ2n) is 7.98. The quantitative estimate of drug-likeness (QED) is 0.361. The fourth-order valence-corrected chi connectivity index (χ4v) is 4.29. The van der Waals surface area contributed by atoms with E-state index in [-0.39, 0.29) is 12.0 Å². The van der Waals surface area contributed by atoms with Crippen molar-refractivity contribution in [1.29, 1.82) is 0 Å². The topological polar surface area (TPSA) is 75.1 Å². The molecule has 0 spiro atoms. The monoisotopic (exact) mass is 439 g/mol. The van der Waals surface area contributed by atoms with E-state index in [2.05, 4.69) is 24.5 Å². The number of hydrogen-bond acceptors (Lipinski definition) is 4. The van der Waals surface area contributed by atoms with Crippen LogP contribution in [-0.2, 0) is 10.2 Å². The van der Waals surface area contributed by atoms with Crippen molar-refractivity contribution < 1.29 is 14.6 Å². The third-order valence-electron chi connectivity index (χ3n) is 5.86. The molecule has 0 bridgehead atoms. The van der Waals surface area contributed by atoms with Crippen molar-refractivity contribution in [2.24, 2.45) is 10.9 Å². The summed E-state index contributed by atoms with van der Waals surface area (Å²) in [6, 6.07) is 5.81. The van der Waals surface area contributed by atoms with Crippen LogP contribution in [0.3, 0.4) is 0 Å². The molecule has 0 radical (unpaired) electrons. The van der Waals surface area contributed by atoms with Crippen molar-refractivity contribution >= 4 is 17.6 Å². The summed E-state index contributed by atoms with van der Waals surface area (Å²) in [5.74, 6) is 2.10. The Hall–Kier alpha value is -1.50. The predicted octanol–water partition coefficient (Wildman–Crippen LogP) is 3.75. The van der Waals surface area contributed by atoms with Crippen LogP contribution < -0.4 is 15.4 Å². The summed E-state index contributed by atoms with van der Waals surface area (Å²) in [5, 5.41) is 16.9. The summed E-state index contributed by atoms with van der Waals surface area (Å²) in [6.07, 6.45) is 4.75. The molecule has 30 heavy (non-hydrogen) atoms. The van der Waals surface area contributed by atoms with Crippen LogP contribution in [0.1, 0.15) is 51.5 Å². The van der Waals surface area contributed by atoms with Gasteiger partial charge in [-0.25, -0.2) is 0 Å². The summed E-state index contributed by atoms with van der Waals surface area (Å²) in [6.45, 7) is 8.08. The molecule has 170 valence electrons. The Morgan fingerprint density at radius 3 is 2.67 bits per heavy atom. The lowest BCUT2D eigenvalue weighted by Crippen LogP contribution is -2.42. The molecule has 0 saturated carbocycles. The van der Waals surface area contributed by atoms with E-state index < -0.39 is 0 Å². The Morgan fingerprint density at radius 1 is 1.27 bits per heavy atom. The maximum absolute atomic E-state index is 9.33. The third-order valence-corrected chi connectivity index (χ3v) is 6.09. The summed E-state index contributed by atoms with van der Waals surface area (Å²) in [5.41, 5.74) is 0.926. The van der Waals surface area contributed by atoms with E-state index in [1.165, 1.54) is 0 Å². The first-order valence-corrected chi connectivity index (χ1v) is 11.5. The molecule has 1 aliphatic rings. The number of rotatable bonds is 11. The van der Waals surface area contributed by atoms with Crippen molar-refractivity contribution in [3.05, 3.63) is 28.8 Å². The standard InChI is InChI=1S/C23H38ClN3O3/c1-4-6-18(9-12-28)16-26-22(25-5-2)27-17-23(10-13-30-14-11-23)20-15-19(24)7-8-21(20)29-3/h7-8,15,18,28H,4-6,9-14,16-17H2,1-3H3,(H2,25,26,27). The number of aliphatic imine (C=N–C) groups is 1. The van der Waals surface area contributed by atoms with E-state index in [0.29, 0.717) is 30.7 Å². The number of nitrogens with zero attached hydrogens (tertiary/aromatic N) is 1. The lowest BCUT2D eigenvalue weighted by molar-refractivity contribution is 0.0523. The van der Waals surface area contributed by atoms with Crippen LogP contribution in [-0.4, -0.2) is 57.6 Å². The Morgan fingerprint density at radius 2 is 2.03 bits per heavy atom. The van der Waals surface area contributed by atoms with Gasteiger partial charge in [-0.3, -0.25) is 4.99 Å². The average Bonchev–Trinajstić information content (AvgIpc) is 2.76. The number of methoxy groups -OCH3 is 1. The Labute approximate surface area is 186 Å². The first-order valence-electron chi connectivity index (χ1n) is 11.1. The number of guanidine groups is 1. The molecule has 1 heterocycles. The molecule has 0 aliphatic carbocycles. The highest BCUT2D eigenvalue weighted by Crippen LogP contribution is 2.41. The first kappa shape index (κ1) is 24.8. The van der Waals surface area contributed by atoms with E-state index in [0.717, 1.165) is 62.5 Å². The van der Waals surface area contributed by atoms with Crippen LogP contribution in [0.15, 0.2) is 23.2 Å². The van der Waals surface area contributed by atoms with Crippen LogP contribution in [0, 0.1) is 5.92 Å². The summed E-state index contributed by atoms with van der Waals surface area (Å²) >= 11 is 6.34. The largest absolute Gasteiger partial charge is 0.496 e. The average molecular weight is 440 g/mol. The molecule has 7 heteroatoms. The van der Waals surface area contributed by atoms with Gasteiger partial charge in [0.15, 0.2) is 5.96 Å². The molecule has 2 rings (SSSR count). The summed E-state index contributed by atoms with van der Waals surface area (Å²) < 4.78 is 11.3. The minimum absolute atomic E-state index is 0.176. The molecule has 1 aliphatic heterocycles. The second kappa shape index (κ2) is 13.0. The molecule has 1 atom stereocenters. The van der Waals surface area contributed by atoms with Gasteiger partial charge in [-0.15, -0.1) is 0 Å². The van der Waals surface area contributed by atoms with Crippen LogP contribution in [0.4, 0.5) is 0 Å². The van der Waals surface area contributed by atoms with Gasteiger partial charge in [0.1, 0.15) is 5.75 Å². The van der Waals surface area contributed by atoms with Crippen molar-refractivity contribution in [1.82, 2.24) is 10.6 Å². The van der Waals surface area contributed by atoms with Crippen molar-refractivity contribution in [3.8, 4) is 5.75 Å². The lowest BCUT2D eigenvalue weighted by Gasteiger charge is -2.37. The fourth-order valence-electron chi connectivity index (χ4n) is 4.12. The lowest BCUT2D eigenvalue weighted by atomic mass is 9.73. The van der Waals surface area contributed by atoms with Crippen LogP contribution in [0.25, 0.3) is 0 Å². The molecule has 3 N–H and O–H groups in total. The summed E-state index contributed by atoms with van der Waals surface area (Å²) in [7, 11) is 1.70. The number of benzene rings is 1. The Balaban J connectivity index is 2.23. The maximum Gasteiger partial charge on any atom is 0.191 e. The van der Waals surface area contributed by atoms with Crippen LogP contribution in [0.2, 0.25) is 5.02 Å². The predicted molar refractivity (Wildman–Crippen MR) is 124 cm³/mol. The van der Waals surface area contributed by atoms with Gasteiger partial charge in [0.05, 0.1) is 13.7 Å². The Bertz CT molecular complexity index is 657. The Kier molecular flexibility index (Phi) is 10.8. The highest BCUT2D eigenvalue weighted by Gasteiger charge is 2.37. The van der Waals surface area contributed by atoms with Gasteiger partial charge in [-0.2, -0.15) is 0 Å². The van der Waals surface area contributed by atoms with Crippen molar-refractivity contribution in [2.75, 3.05) is 46.6 Å². The van der Waals surface area contributed by atoms with E-state index in [1.54, 1.807) is 7.11 Å². The maximum atomic E-state index is 9.33. The minimum Gasteiger partial charge on any atom is -0.496 e. The fraction of sp³-hybridized carbons (Fsp3) is 0.696. The molecular weight excluding hydrogens is 402 g/mol.